The molecule has 0 radical (unpaired) electrons. The van der Waals surface area contributed by atoms with Crippen LogP contribution in [0.2, 0.25) is 0 Å². The second-order valence-electron chi connectivity index (χ2n) is 4.90. The predicted molar refractivity (Wildman–Crippen MR) is 84.3 cm³/mol. The molecule has 1 aromatic carbocycles. The zero-order valence-corrected chi connectivity index (χ0v) is 14.7. The molecule has 0 amide bonds. The monoisotopic (exact) mass is 479 g/mol. The summed E-state index contributed by atoms with van der Waals surface area (Å²) in [5, 5.41) is 9.52. The summed E-state index contributed by atoms with van der Waals surface area (Å²) >= 11 is 5.56. The first-order valence-electron chi connectivity index (χ1n) is 6.32. The molecule has 2 rings (SSSR count). The maximum Gasteiger partial charge on any atom is 0.573 e. The number of likely N-dealkylation sites (tertiary alicyclic amines) is 1. The van der Waals surface area contributed by atoms with E-state index in [-0.39, 0.29) is 15.9 Å². The molecule has 8 heteroatoms. The molecule has 0 bridgehead atoms. The Bertz CT molecular complexity index is 515. The highest BCUT2D eigenvalue weighted by Crippen LogP contribution is 2.38. The summed E-state index contributed by atoms with van der Waals surface area (Å²) in [6.07, 6.45) is -2.88. The second kappa shape index (κ2) is 6.59. The molecule has 1 fully saturated rings. The summed E-state index contributed by atoms with van der Waals surface area (Å²) in [6.45, 7) is 1.28. The van der Waals surface area contributed by atoms with Gasteiger partial charge in [0, 0.05) is 11.0 Å². The van der Waals surface area contributed by atoms with Gasteiger partial charge in [-0.15, -0.1) is 13.2 Å². The number of ether oxygens (including phenoxy) is 1. The predicted octanol–water partition coefficient (Wildman–Crippen LogP) is 4.07. The maximum absolute atomic E-state index is 12.3. The van der Waals surface area contributed by atoms with Gasteiger partial charge in [0.1, 0.15) is 5.75 Å². The lowest BCUT2D eigenvalue weighted by Gasteiger charge is -2.32. The van der Waals surface area contributed by atoms with Crippen LogP contribution in [0.1, 0.15) is 18.4 Å². The Kier molecular flexibility index (Phi) is 5.43. The average molecular weight is 480 g/mol. The molecule has 1 aliphatic heterocycles. The third-order valence-electron chi connectivity index (χ3n) is 3.41. The normalized spacial score (nSPS) is 23.5. The fourth-order valence-electron chi connectivity index (χ4n) is 2.37. The molecule has 1 heterocycles. The van der Waals surface area contributed by atoms with Gasteiger partial charge in [-0.3, -0.25) is 4.90 Å². The highest BCUT2D eigenvalue weighted by molar-refractivity contribution is 14.1. The van der Waals surface area contributed by atoms with Gasteiger partial charge in [0.15, 0.2) is 0 Å². The number of nitrogens with zero attached hydrogens (tertiary/aromatic N) is 1. The Balaban J connectivity index is 2.18. The van der Waals surface area contributed by atoms with Gasteiger partial charge in [-0.1, -0.05) is 38.5 Å². The van der Waals surface area contributed by atoms with Crippen molar-refractivity contribution in [2.75, 3.05) is 13.2 Å². The topological polar surface area (TPSA) is 32.7 Å². The van der Waals surface area contributed by atoms with E-state index in [2.05, 4.69) is 48.2 Å². The van der Waals surface area contributed by atoms with Crippen LogP contribution in [0.5, 0.6) is 5.75 Å². The minimum Gasteiger partial charge on any atom is -0.406 e. The first-order chi connectivity index (χ1) is 9.73. The molecule has 3 nitrogen and oxygen atoms in total. The minimum atomic E-state index is -4.70. The van der Waals surface area contributed by atoms with E-state index in [1.165, 1.54) is 12.1 Å². The standard InChI is InChI=1S/C13H14BrF3INO2/c14-11-3-2-10(21-13(15,16)17)6-9(11)7-19-5-1-4-12(19,18)8-20/h2-3,6,20H,1,4-5,7-8H2. The van der Waals surface area contributed by atoms with Crippen molar-refractivity contribution in [1.29, 1.82) is 0 Å². The van der Waals surface area contributed by atoms with Gasteiger partial charge in [-0.05, 0) is 43.1 Å². The van der Waals surface area contributed by atoms with Crippen LogP contribution >= 0.6 is 38.5 Å². The van der Waals surface area contributed by atoms with E-state index in [0.717, 1.165) is 23.9 Å². The van der Waals surface area contributed by atoms with Gasteiger partial charge in [0.05, 0.1) is 10.2 Å². The fraction of sp³-hybridized carbons (Fsp3) is 0.538. The first-order valence-corrected chi connectivity index (χ1v) is 8.20. The third kappa shape index (κ3) is 4.46. The zero-order chi connectivity index (χ0) is 15.7. The van der Waals surface area contributed by atoms with Crippen LogP contribution in [0.15, 0.2) is 22.7 Å². The number of hydrogen-bond donors (Lipinski definition) is 1. The fourth-order valence-corrected chi connectivity index (χ4v) is 3.54. The number of rotatable bonds is 4. The van der Waals surface area contributed by atoms with Gasteiger partial charge in [0.2, 0.25) is 0 Å². The average Bonchev–Trinajstić information content (AvgIpc) is 2.74. The van der Waals surface area contributed by atoms with Crippen molar-refractivity contribution in [1.82, 2.24) is 4.90 Å². The molecule has 0 spiro atoms. The summed E-state index contributed by atoms with van der Waals surface area (Å²) in [7, 11) is 0. The Morgan fingerprint density at radius 3 is 2.76 bits per heavy atom. The van der Waals surface area contributed by atoms with Crippen LogP contribution in [-0.4, -0.2) is 33.1 Å². The van der Waals surface area contributed by atoms with Crippen LogP contribution in [0.25, 0.3) is 0 Å². The molecule has 1 aliphatic rings. The molecule has 1 N–H and O–H groups in total. The SMILES string of the molecule is OCC1(I)CCCN1Cc1cc(OC(F)(F)F)ccc1Br. The van der Waals surface area contributed by atoms with E-state index in [9.17, 15) is 18.3 Å². The van der Waals surface area contributed by atoms with Crippen LogP contribution in [0.4, 0.5) is 13.2 Å². The Hall–Kier alpha value is -0.0600. The van der Waals surface area contributed by atoms with Gasteiger partial charge in [-0.25, -0.2) is 0 Å². The highest BCUT2D eigenvalue weighted by atomic mass is 127. The van der Waals surface area contributed by atoms with Crippen molar-refractivity contribution in [2.24, 2.45) is 0 Å². The summed E-state index contributed by atoms with van der Waals surface area (Å²) in [6, 6.07) is 4.19. The Labute approximate surface area is 142 Å². The first kappa shape index (κ1) is 17.3. The van der Waals surface area contributed by atoms with Crippen LogP contribution < -0.4 is 4.74 Å². The molecular weight excluding hydrogens is 466 g/mol. The molecule has 1 unspecified atom stereocenters. The summed E-state index contributed by atoms with van der Waals surface area (Å²) < 4.78 is 41.2. The number of benzene rings is 1. The van der Waals surface area contributed by atoms with E-state index < -0.39 is 6.36 Å². The van der Waals surface area contributed by atoms with Crippen molar-refractivity contribution in [3.05, 3.63) is 28.2 Å². The van der Waals surface area contributed by atoms with Gasteiger partial charge < -0.3 is 9.84 Å². The van der Waals surface area contributed by atoms with E-state index in [0.29, 0.717) is 12.1 Å². The van der Waals surface area contributed by atoms with E-state index in [4.69, 9.17) is 0 Å². The second-order valence-corrected chi connectivity index (χ2v) is 7.76. The van der Waals surface area contributed by atoms with Gasteiger partial charge >= 0.3 is 6.36 Å². The van der Waals surface area contributed by atoms with Gasteiger partial charge in [0.25, 0.3) is 0 Å². The highest BCUT2D eigenvalue weighted by Gasteiger charge is 2.38. The molecule has 118 valence electrons. The van der Waals surface area contributed by atoms with Crippen LogP contribution in [0.3, 0.4) is 0 Å². The number of alkyl halides is 4. The van der Waals surface area contributed by atoms with Crippen molar-refractivity contribution in [3.63, 3.8) is 0 Å². The molecule has 0 saturated carbocycles. The quantitative estimate of drug-likeness (QED) is 0.401. The van der Waals surface area contributed by atoms with Crippen molar-refractivity contribution in [2.45, 2.75) is 29.3 Å². The molecule has 1 aromatic rings. The Morgan fingerprint density at radius 2 is 2.14 bits per heavy atom. The largest absolute Gasteiger partial charge is 0.573 e. The lowest BCUT2D eigenvalue weighted by molar-refractivity contribution is -0.274. The number of halogens is 5. The summed E-state index contributed by atoms with van der Waals surface area (Å²) in [5.41, 5.74) is 0.702. The molecule has 0 aromatic heterocycles. The van der Waals surface area contributed by atoms with Gasteiger partial charge in [-0.2, -0.15) is 0 Å². The molecule has 0 aliphatic carbocycles. The third-order valence-corrected chi connectivity index (χ3v) is 5.75. The van der Waals surface area contributed by atoms with Crippen molar-refractivity contribution < 1.29 is 23.0 Å². The number of hydrogen-bond acceptors (Lipinski definition) is 3. The lowest BCUT2D eigenvalue weighted by Crippen LogP contribution is -2.40. The molecule has 21 heavy (non-hydrogen) atoms. The van der Waals surface area contributed by atoms with E-state index in [1.807, 2.05) is 0 Å². The molecular formula is C13H14BrF3INO2. The summed E-state index contributed by atoms with van der Waals surface area (Å²) in [5.74, 6) is -0.233. The number of aliphatic hydroxyl groups excluding tert-OH is 1. The van der Waals surface area contributed by atoms with E-state index in [1.54, 1.807) is 6.07 Å². The molecule has 1 atom stereocenters. The van der Waals surface area contributed by atoms with Crippen molar-refractivity contribution >= 4 is 38.5 Å². The maximum atomic E-state index is 12.3. The van der Waals surface area contributed by atoms with Crippen LogP contribution in [0, 0.1) is 0 Å². The van der Waals surface area contributed by atoms with Crippen LogP contribution in [-0.2, 0) is 6.54 Å². The number of aliphatic hydroxyl groups is 1. The minimum absolute atomic E-state index is 0.0178. The van der Waals surface area contributed by atoms with E-state index >= 15 is 0 Å². The zero-order valence-electron chi connectivity index (χ0n) is 11.0. The summed E-state index contributed by atoms with van der Waals surface area (Å²) in [4.78, 5) is 2.07. The Morgan fingerprint density at radius 1 is 1.43 bits per heavy atom. The lowest BCUT2D eigenvalue weighted by atomic mass is 10.2. The molecule has 1 saturated heterocycles. The smallest absolute Gasteiger partial charge is 0.406 e. The van der Waals surface area contributed by atoms with Crippen molar-refractivity contribution in [3.8, 4) is 5.75 Å².